The Labute approximate surface area is 115 Å². The summed E-state index contributed by atoms with van der Waals surface area (Å²) in [5, 5.41) is 9.71. The van der Waals surface area contributed by atoms with Crippen LogP contribution in [0.3, 0.4) is 0 Å². The van der Waals surface area contributed by atoms with Crippen molar-refractivity contribution in [2.75, 3.05) is 5.32 Å². The molecule has 5 nitrogen and oxygen atoms in total. The number of H-pyrrole nitrogens is 1. The molecule has 98 valence electrons. The summed E-state index contributed by atoms with van der Waals surface area (Å²) in [6.45, 7) is 0. The van der Waals surface area contributed by atoms with Crippen LogP contribution in [0.4, 0.5) is 5.82 Å². The van der Waals surface area contributed by atoms with Crippen LogP contribution >= 0.6 is 0 Å². The molecule has 2 heterocycles. The summed E-state index contributed by atoms with van der Waals surface area (Å²) in [6.07, 6.45) is 3.14. The fourth-order valence-corrected chi connectivity index (χ4v) is 1.84. The molecule has 0 bridgehead atoms. The Balaban J connectivity index is 1.77. The van der Waals surface area contributed by atoms with Crippen molar-refractivity contribution in [3.8, 4) is 11.3 Å². The third-order valence-corrected chi connectivity index (χ3v) is 2.83. The van der Waals surface area contributed by atoms with Gasteiger partial charge in [-0.2, -0.15) is 5.10 Å². The van der Waals surface area contributed by atoms with Crippen molar-refractivity contribution < 1.29 is 4.79 Å². The molecule has 0 saturated carbocycles. The molecule has 20 heavy (non-hydrogen) atoms. The van der Waals surface area contributed by atoms with Crippen LogP contribution in [0.1, 0.15) is 10.4 Å². The number of carbonyl (C=O) groups excluding carboxylic acids is 1. The number of nitrogens with one attached hydrogen (secondary N) is 2. The van der Waals surface area contributed by atoms with E-state index in [-0.39, 0.29) is 5.91 Å². The van der Waals surface area contributed by atoms with Gasteiger partial charge < -0.3 is 5.32 Å². The zero-order chi connectivity index (χ0) is 13.8. The van der Waals surface area contributed by atoms with Crippen LogP contribution in [0.2, 0.25) is 0 Å². The fourth-order valence-electron chi connectivity index (χ4n) is 1.84. The van der Waals surface area contributed by atoms with Crippen molar-refractivity contribution in [1.82, 2.24) is 15.2 Å². The normalized spacial score (nSPS) is 10.2. The van der Waals surface area contributed by atoms with Crippen molar-refractivity contribution in [3.63, 3.8) is 0 Å². The van der Waals surface area contributed by atoms with Crippen molar-refractivity contribution in [1.29, 1.82) is 0 Å². The smallest absolute Gasteiger partial charge is 0.258 e. The van der Waals surface area contributed by atoms with E-state index < -0.39 is 0 Å². The first-order valence-electron chi connectivity index (χ1n) is 6.15. The van der Waals surface area contributed by atoms with Crippen molar-refractivity contribution in [3.05, 3.63) is 66.5 Å². The Morgan fingerprint density at radius 2 is 1.95 bits per heavy atom. The average molecular weight is 264 g/mol. The highest BCUT2D eigenvalue weighted by Gasteiger charge is 2.09. The lowest BCUT2D eigenvalue weighted by atomic mass is 10.1. The predicted molar refractivity (Wildman–Crippen MR) is 76.2 cm³/mol. The molecule has 2 N–H and O–H groups in total. The highest BCUT2D eigenvalue weighted by atomic mass is 16.1. The van der Waals surface area contributed by atoms with Crippen molar-refractivity contribution in [2.45, 2.75) is 0 Å². The van der Waals surface area contributed by atoms with Crippen molar-refractivity contribution >= 4 is 11.7 Å². The van der Waals surface area contributed by atoms with Crippen LogP contribution in [-0.2, 0) is 0 Å². The van der Waals surface area contributed by atoms with Crippen molar-refractivity contribution in [2.24, 2.45) is 0 Å². The van der Waals surface area contributed by atoms with Gasteiger partial charge >= 0.3 is 0 Å². The Morgan fingerprint density at radius 3 is 2.70 bits per heavy atom. The largest absolute Gasteiger partial charge is 0.305 e. The van der Waals surface area contributed by atoms with Gasteiger partial charge in [-0.3, -0.25) is 14.9 Å². The van der Waals surface area contributed by atoms with Crippen LogP contribution in [0.5, 0.6) is 0 Å². The molecule has 3 rings (SSSR count). The minimum Gasteiger partial charge on any atom is -0.305 e. The van der Waals surface area contributed by atoms with E-state index in [0.717, 1.165) is 11.3 Å². The minimum absolute atomic E-state index is 0.232. The van der Waals surface area contributed by atoms with Crippen LogP contribution < -0.4 is 5.32 Å². The van der Waals surface area contributed by atoms with Crippen LogP contribution in [0, 0.1) is 0 Å². The van der Waals surface area contributed by atoms with Gasteiger partial charge in [0.25, 0.3) is 5.91 Å². The number of aromatic amines is 1. The topological polar surface area (TPSA) is 70.7 Å². The van der Waals surface area contributed by atoms with Crippen LogP contribution in [0.15, 0.2) is 60.9 Å². The predicted octanol–water partition coefficient (Wildman–Crippen LogP) is 2.72. The molecule has 1 aromatic carbocycles. The number of amides is 1. The van der Waals surface area contributed by atoms with E-state index in [1.54, 1.807) is 24.4 Å². The molecule has 5 heteroatoms. The standard InChI is InChI=1S/C15H12N4O/c20-15(12-7-4-8-16-10-12)17-14-9-13(18-19-14)11-5-2-1-3-6-11/h1-10H,(H2,17,18,19,20). The number of carbonyl (C=O) groups is 1. The SMILES string of the molecule is O=C(Nc1cc(-c2ccccc2)[nH]n1)c1cccnc1. The Morgan fingerprint density at radius 1 is 1.10 bits per heavy atom. The quantitative estimate of drug-likeness (QED) is 0.764. The molecular formula is C15H12N4O. The van der Waals surface area contributed by atoms with Gasteiger partial charge in [-0.15, -0.1) is 0 Å². The summed E-state index contributed by atoms with van der Waals surface area (Å²) >= 11 is 0. The number of rotatable bonds is 3. The summed E-state index contributed by atoms with van der Waals surface area (Å²) in [5.41, 5.74) is 2.37. The van der Waals surface area contributed by atoms with E-state index in [0.29, 0.717) is 11.4 Å². The molecule has 0 aliphatic carbocycles. The van der Waals surface area contributed by atoms with Gasteiger partial charge in [0.05, 0.1) is 11.3 Å². The Bertz CT molecular complexity index is 707. The molecule has 0 atom stereocenters. The Kier molecular flexibility index (Phi) is 3.24. The second-order valence-corrected chi connectivity index (χ2v) is 4.23. The van der Waals surface area contributed by atoms with E-state index in [1.807, 2.05) is 30.3 Å². The number of hydrogen-bond donors (Lipinski definition) is 2. The first-order valence-corrected chi connectivity index (χ1v) is 6.15. The molecule has 1 amide bonds. The average Bonchev–Trinajstić information content (AvgIpc) is 2.97. The lowest BCUT2D eigenvalue weighted by molar-refractivity contribution is 0.102. The summed E-state index contributed by atoms with van der Waals surface area (Å²) in [4.78, 5) is 15.9. The van der Waals surface area contributed by atoms with E-state index in [2.05, 4.69) is 20.5 Å². The van der Waals surface area contributed by atoms with Gasteiger partial charge in [-0.05, 0) is 17.7 Å². The first-order chi connectivity index (χ1) is 9.83. The Hall–Kier alpha value is -2.95. The second kappa shape index (κ2) is 5.36. The highest BCUT2D eigenvalue weighted by Crippen LogP contribution is 2.19. The number of anilines is 1. The second-order valence-electron chi connectivity index (χ2n) is 4.23. The molecule has 2 aromatic heterocycles. The number of aromatic nitrogens is 3. The van der Waals surface area contributed by atoms with Gasteiger partial charge in [0.2, 0.25) is 0 Å². The van der Waals surface area contributed by atoms with E-state index in [4.69, 9.17) is 0 Å². The van der Waals surface area contributed by atoms with E-state index >= 15 is 0 Å². The molecule has 0 fully saturated rings. The number of hydrogen-bond acceptors (Lipinski definition) is 3. The maximum atomic E-state index is 12.0. The summed E-state index contributed by atoms with van der Waals surface area (Å²) in [6, 6.07) is 15.0. The lowest BCUT2D eigenvalue weighted by Crippen LogP contribution is -2.12. The van der Waals surface area contributed by atoms with E-state index in [9.17, 15) is 4.79 Å². The molecule has 0 radical (unpaired) electrons. The molecule has 0 saturated heterocycles. The van der Waals surface area contributed by atoms with Gasteiger partial charge in [0.1, 0.15) is 0 Å². The third-order valence-electron chi connectivity index (χ3n) is 2.83. The fraction of sp³-hybridized carbons (Fsp3) is 0. The zero-order valence-electron chi connectivity index (χ0n) is 10.6. The van der Waals surface area contributed by atoms with E-state index in [1.165, 1.54) is 6.20 Å². The van der Waals surface area contributed by atoms with Gasteiger partial charge in [0, 0.05) is 18.5 Å². The van der Waals surface area contributed by atoms with Crippen LogP contribution in [-0.4, -0.2) is 21.1 Å². The number of pyridine rings is 1. The zero-order valence-corrected chi connectivity index (χ0v) is 10.6. The number of benzene rings is 1. The van der Waals surface area contributed by atoms with Gasteiger partial charge in [0.15, 0.2) is 5.82 Å². The van der Waals surface area contributed by atoms with Crippen LogP contribution in [0.25, 0.3) is 11.3 Å². The molecule has 0 aliphatic rings. The summed E-state index contributed by atoms with van der Waals surface area (Å²) < 4.78 is 0. The minimum atomic E-state index is -0.232. The third kappa shape index (κ3) is 2.56. The summed E-state index contributed by atoms with van der Waals surface area (Å²) in [5.74, 6) is 0.252. The molecule has 0 spiro atoms. The maximum absolute atomic E-state index is 12.0. The molecular weight excluding hydrogens is 252 g/mol. The monoisotopic (exact) mass is 264 g/mol. The highest BCUT2D eigenvalue weighted by molar-refractivity contribution is 6.03. The molecule has 0 aliphatic heterocycles. The van der Waals surface area contributed by atoms with Gasteiger partial charge in [-0.25, -0.2) is 0 Å². The van der Waals surface area contributed by atoms with Gasteiger partial charge in [-0.1, -0.05) is 30.3 Å². The molecule has 0 unspecified atom stereocenters. The first kappa shape index (κ1) is 12.1. The maximum Gasteiger partial charge on any atom is 0.258 e. The lowest BCUT2D eigenvalue weighted by Gasteiger charge is -2.00. The number of nitrogens with zero attached hydrogens (tertiary/aromatic N) is 2. The summed E-state index contributed by atoms with van der Waals surface area (Å²) in [7, 11) is 0. The molecule has 3 aromatic rings.